The zero-order valence-electron chi connectivity index (χ0n) is 13.6. The molecule has 0 N–H and O–H groups in total. The standard InChI is InChI=1S/C19H18N4S/c1-14-5-6-15(13-20)19(21-14)23-10-8-22(9-11-23)17-3-2-4-18-16(17)7-12-24-18/h2-7,12H,8-11H2,1H3. The molecule has 4 nitrogen and oxygen atoms in total. The molecule has 1 aliphatic heterocycles. The topological polar surface area (TPSA) is 43.2 Å². The van der Waals surface area contributed by atoms with Crippen molar-refractivity contribution >= 4 is 32.9 Å². The first kappa shape index (κ1) is 15.0. The molecule has 1 fully saturated rings. The number of aryl methyl sites for hydroxylation is 1. The van der Waals surface area contributed by atoms with E-state index < -0.39 is 0 Å². The van der Waals surface area contributed by atoms with Crippen molar-refractivity contribution in [2.75, 3.05) is 36.0 Å². The molecular formula is C19H18N4S. The minimum absolute atomic E-state index is 0.661. The second kappa shape index (κ2) is 6.14. The van der Waals surface area contributed by atoms with Crippen LogP contribution < -0.4 is 9.80 Å². The third kappa shape index (κ3) is 2.59. The molecule has 0 spiro atoms. The van der Waals surface area contributed by atoms with Crippen LogP contribution in [0.5, 0.6) is 0 Å². The van der Waals surface area contributed by atoms with E-state index in [1.807, 2.05) is 19.1 Å². The van der Waals surface area contributed by atoms with Crippen LogP contribution in [0, 0.1) is 18.3 Å². The van der Waals surface area contributed by atoms with Crippen LogP contribution in [-0.2, 0) is 0 Å². The lowest BCUT2D eigenvalue weighted by molar-refractivity contribution is 0.647. The number of piperazine rings is 1. The van der Waals surface area contributed by atoms with Crippen LogP contribution in [0.15, 0.2) is 41.8 Å². The number of fused-ring (bicyclic) bond motifs is 1. The van der Waals surface area contributed by atoms with E-state index in [4.69, 9.17) is 0 Å². The number of pyridine rings is 1. The molecule has 2 aromatic heterocycles. The molecule has 4 rings (SSSR count). The summed E-state index contributed by atoms with van der Waals surface area (Å²) in [6.07, 6.45) is 0. The molecule has 1 aliphatic rings. The lowest BCUT2D eigenvalue weighted by atomic mass is 10.1. The Hall–Kier alpha value is -2.58. The Morgan fingerprint density at radius 3 is 2.62 bits per heavy atom. The van der Waals surface area contributed by atoms with Crippen LogP contribution in [0.3, 0.4) is 0 Å². The van der Waals surface area contributed by atoms with Gasteiger partial charge in [0.25, 0.3) is 0 Å². The zero-order chi connectivity index (χ0) is 16.5. The minimum atomic E-state index is 0.661. The summed E-state index contributed by atoms with van der Waals surface area (Å²) in [6.45, 7) is 5.61. The van der Waals surface area contributed by atoms with Crippen molar-refractivity contribution in [2.45, 2.75) is 6.92 Å². The number of aromatic nitrogens is 1. The van der Waals surface area contributed by atoms with Crippen LogP contribution in [0.1, 0.15) is 11.3 Å². The van der Waals surface area contributed by atoms with Gasteiger partial charge in [0.05, 0.1) is 5.56 Å². The van der Waals surface area contributed by atoms with Gasteiger partial charge in [-0.25, -0.2) is 4.98 Å². The molecule has 3 aromatic rings. The Balaban J connectivity index is 1.57. The number of nitrogens with zero attached hydrogens (tertiary/aromatic N) is 4. The number of anilines is 2. The monoisotopic (exact) mass is 334 g/mol. The van der Waals surface area contributed by atoms with E-state index in [9.17, 15) is 5.26 Å². The Kier molecular flexibility index (Phi) is 3.83. The summed E-state index contributed by atoms with van der Waals surface area (Å²) in [5, 5.41) is 12.8. The lowest BCUT2D eigenvalue weighted by Gasteiger charge is -2.37. The zero-order valence-corrected chi connectivity index (χ0v) is 14.4. The largest absolute Gasteiger partial charge is 0.367 e. The average molecular weight is 334 g/mol. The molecule has 24 heavy (non-hydrogen) atoms. The molecule has 0 aliphatic carbocycles. The van der Waals surface area contributed by atoms with Gasteiger partial charge in [-0.2, -0.15) is 5.26 Å². The highest BCUT2D eigenvalue weighted by atomic mass is 32.1. The van der Waals surface area contributed by atoms with E-state index in [2.05, 4.69) is 50.5 Å². The van der Waals surface area contributed by atoms with Crippen LogP contribution in [0.4, 0.5) is 11.5 Å². The Morgan fingerprint density at radius 2 is 1.83 bits per heavy atom. The van der Waals surface area contributed by atoms with E-state index in [0.717, 1.165) is 37.7 Å². The third-order valence-corrected chi connectivity index (χ3v) is 5.41. The third-order valence-electron chi connectivity index (χ3n) is 4.53. The number of hydrogen-bond donors (Lipinski definition) is 0. The van der Waals surface area contributed by atoms with Gasteiger partial charge >= 0.3 is 0 Å². The van der Waals surface area contributed by atoms with Crippen molar-refractivity contribution in [3.63, 3.8) is 0 Å². The first-order valence-electron chi connectivity index (χ1n) is 8.10. The summed E-state index contributed by atoms with van der Waals surface area (Å²) in [6, 6.07) is 14.8. The Bertz CT molecular complexity index is 917. The normalized spacial score (nSPS) is 14.8. The van der Waals surface area contributed by atoms with Gasteiger partial charge in [-0.15, -0.1) is 11.3 Å². The van der Waals surface area contributed by atoms with E-state index in [1.165, 1.54) is 15.8 Å². The SMILES string of the molecule is Cc1ccc(C#N)c(N2CCN(c3cccc4sccc34)CC2)n1. The maximum absolute atomic E-state index is 9.34. The first-order valence-corrected chi connectivity index (χ1v) is 8.98. The molecule has 0 unspecified atom stereocenters. The van der Waals surface area contributed by atoms with E-state index >= 15 is 0 Å². The number of rotatable bonds is 2. The Morgan fingerprint density at radius 1 is 1.04 bits per heavy atom. The highest BCUT2D eigenvalue weighted by Crippen LogP contribution is 2.31. The summed E-state index contributed by atoms with van der Waals surface area (Å²) in [5.74, 6) is 0.825. The molecule has 0 atom stereocenters. The fourth-order valence-corrected chi connectivity index (χ4v) is 4.09. The van der Waals surface area contributed by atoms with Gasteiger partial charge in [0.15, 0.2) is 0 Å². The molecular weight excluding hydrogens is 316 g/mol. The van der Waals surface area contributed by atoms with Crippen molar-refractivity contribution in [1.82, 2.24) is 4.98 Å². The van der Waals surface area contributed by atoms with Crippen molar-refractivity contribution in [2.24, 2.45) is 0 Å². The molecule has 1 saturated heterocycles. The second-order valence-electron chi connectivity index (χ2n) is 6.02. The van der Waals surface area contributed by atoms with Crippen LogP contribution >= 0.6 is 11.3 Å². The summed E-state index contributed by atoms with van der Waals surface area (Å²) >= 11 is 1.79. The number of thiophene rings is 1. The molecule has 0 radical (unpaired) electrons. The van der Waals surface area contributed by atoms with Crippen molar-refractivity contribution in [3.8, 4) is 6.07 Å². The molecule has 0 saturated carbocycles. The smallest absolute Gasteiger partial charge is 0.146 e. The molecule has 120 valence electrons. The predicted octanol–water partition coefficient (Wildman–Crippen LogP) is 3.80. The molecule has 0 amide bonds. The summed E-state index contributed by atoms with van der Waals surface area (Å²) in [7, 11) is 0. The summed E-state index contributed by atoms with van der Waals surface area (Å²) < 4.78 is 1.34. The minimum Gasteiger partial charge on any atom is -0.367 e. The highest BCUT2D eigenvalue weighted by Gasteiger charge is 2.21. The van der Waals surface area contributed by atoms with Gasteiger partial charge in [-0.1, -0.05) is 6.07 Å². The van der Waals surface area contributed by atoms with Gasteiger partial charge in [-0.05, 0) is 42.6 Å². The van der Waals surface area contributed by atoms with Gasteiger partial charge in [0.1, 0.15) is 11.9 Å². The van der Waals surface area contributed by atoms with Crippen LogP contribution in [-0.4, -0.2) is 31.2 Å². The number of hydrogen-bond acceptors (Lipinski definition) is 5. The van der Waals surface area contributed by atoms with Gasteiger partial charge in [-0.3, -0.25) is 0 Å². The lowest BCUT2D eigenvalue weighted by Crippen LogP contribution is -2.47. The summed E-state index contributed by atoms with van der Waals surface area (Å²) in [4.78, 5) is 9.26. The molecule has 1 aromatic carbocycles. The van der Waals surface area contributed by atoms with E-state index in [-0.39, 0.29) is 0 Å². The maximum atomic E-state index is 9.34. The Labute approximate surface area is 145 Å². The first-order chi connectivity index (χ1) is 11.8. The van der Waals surface area contributed by atoms with E-state index in [1.54, 1.807) is 11.3 Å². The quantitative estimate of drug-likeness (QED) is 0.715. The van der Waals surface area contributed by atoms with Crippen molar-refractivity contribution in [3.05, 3.63) is 53.0 Å². The van der Waals surface area contributed by atoms with Gasteiger partial charge in [0.2, 0.25) is 0 Å². The number of benzene rings is 1. The van der Waals surface area contributed by atoms with Crippen LogP contribution in [0.25, 0.3) is 10.1 Å². The second-order valence-corrected chi connectivity index (χ2v) is 6.97. The maximum Gasteiger partial charge on any atom is 0.146 e. The summed E-state index contributed by atoms with van der Waals surface area (Å²) in [5.41, 5.74) is 2.93. The fraction of sp³-hybridized carbons (Fsp3) is 0.263. The predicted molar refractivity (Wildman–Crippen MR) is 99.9 cm³/mol. The average Bonchev–Trinajstić information content (AvgIpc) is 3.10. The number of nitriles is 1. The van der Waals surface area contributed by atoms with Crippen molar-refractivity contribution in [1.29, 1.82) is 5.26 Å². The fourth-order valence-electron chi connectivity index (χ4n) is 3.28. The highest BCUT2D eigenvalue weighted by molar-refractivity contribution is 7.17. The molecule has 5 heteroatoms. The van der Waals surface area contributed by atoms with Crippen molar-refractivity contribution < 1.29 is 0 Å². The van der Waals surface area contributed by atoms with Gasteiger partial charge < -0.3 is 9.80 Å². The van der Waals surface area contributed by atoms with Crippen LogP contribution in [0.2, 0.25) is 0 Å². The van der Waals surface area contributed by atoms with E-state index in [0.29, 0.717) is 5.56 Å². The molecule has 0 bridgehead atoms. The van der Waals surface area contributed by atoms with Gasteiger partial charge in [0, 0.05) is 47.6 Å². The molecule has 3 heterocycles.